The zero-order valence-electron chi connectivity index (χ0n) is 12.6. The van der Waals surface area contributed by atoms with E-state index in [9.17, 15) is 0 Å². The molecular weight excluding hydrogens is 238 g/mol. The highest BCUT2D eigenvalue weighted by molar-refractivity contribution is 5.31. The maximum absolute atomic E-state index is 6.38. The van der Waals surface area contributed by atoms with Crippen LogP contribution in [-0.2, 0) is 0 Å². The van der Waals surface area contributed by atoms with Gasteiger partial charge in [-0.25, -0.2) is 0 Å². The fourth-order valence-electron chi connectivity index (χ4n) is 3.24. The summed E-state index contributed by atoms with van der Waals surface area (Å²) >= 11 is 0. The summed E-state index contributed by atoms with van der Waals surface area (Å²) in [6, 6.07) is 0.569. The first-order valence-electron chi connectivity index (χ1n) is 7.45. The molecule has 1 aliphatic carbocycles. The molecule has 0 aliphatic heterocycles. The van der Waals surface area contributed by atoms with Crippen LogP contribution in [0, 0.1) is 5.92 Å². The molecule has 2 rings (SSSR count). The molecule has 1 aliphatic rings. The van der Waals surface area contributed by atoms with Crippen LogP contribution in [0.15, 0.2) is 6.20 Å². The van der Waals surface area contributed by atoms with E-state index in [0.29, 0.717) is 12.0 Å². The van der Waals surface area contributed by atoms with Crippen LogP contribution in [0.1, 0.15) is 64.1 Å². The van der Waals surface area contributed by atoms with Gasteiger partial charge in [-0.2, -0.15) is 5.10 Å². The van der Waals surface area contributed by atoms with Gasteiger partial charge in [0.25, 0.3) is 0 Å². The van der Waals surface area contributed by atoms with Gasteiger partial charge < -0.3 is 10.5 Å². The topological polar surface area (TPSA) is 53.1 Å². The second-order valence-corrected chi connectivity index (χ2v) is 5.99. The van der Waals surface area contributed by atoms with Gasteiger partial charge >= 0.3 is 0 Å². The third kappa shape index (κ3) is 2.78. The normalized spacial score (nSPS) is 27.8. The van der Waals surface area contributed by atoms with Crippen LogP contribution in [0.4, 0.5) is 0 Å². The van der Waals surface area contributed by atoms with Crippen molar-refractivity contribution < 1.29 is 4.74 Å². The minimum absolute atomic E-state index is 0.228. The van der Waals surface area contributed by atoms with Gasteiger partial charge in [0.1, 0.15) is 0 Å². The van der Waals surface area contributed by atoms with E-state index in [1.165, 1.54) is 18.5 Å². The van der Waals surface area contributed by atoms with Crippen LogP contribution in [0.3, 0.4) is 0 Å². The first-order valence-corrected chi connectivity index (χ1v) is 7.45. The molecule has 1 aromatic rings. The summed E-state index contributed by atoms with van der Waals surface area (Å²) in [6.07, 6.45) is 6.59. The van der Waals surface area contributed by atoms with Crippen molar-refractivity contribution in [1.29, 1.82) is 0 Å². The number of ether oxygens (including phenoxy) is 1. The third-order valence-corrected chi connectivity index (χ3v) is 4.45. The van der Waals surface area contributed by atoms with E-state index in [4.69, 9.17) is 10.5 Å². The number of nitrogens with two attached hydrogens (primary N) is 1. The minimum Gasteiger partial charge on any atom is -0.493 e. The smallest absolute Gasteiger partial charge is 0.160 e. The van der Waals surface area contributed by atoms with Crippen LogP contribution < -0.4 is 10.5 Å². The predicted octanol–water partition coefficient (Wildman–Crippen LogP) is 3.09. The van der Waals surface area contributed by atoms with E-state index in [0.717, 1.165) is 24.5 Å². The van der Waals surface area contributed by atoms with Crippen LogP contribution in [0.5, 0.6) is 5.75 Å². The second kappa shape index (κ2) is 5.95. The highest BCUT2D eigenvalue weighted by Gasteiger charge is 2.33. The van der Waals surface area contributed by atoms with Crippen molar-refractivity contribution in [3.63, 3.8) is 0 Å². The lowest BCUT2D eigenvalue weighted by atomic mass is 9.75. The van der Waals surface area contributed by atoms with Crippen LogP contribution in [0.2, 0.25) is 0 Å². The van der Waals surface area contributed by atoms with Crippen molar-refractivity contribution in [3.05, 3.63) is 11.9 Å². The maximum Gasteiger partial charge on any atom is 0.160 e. The number of rotatable bonds is 4. The quantitative estimate of drug-likeness (QED) is 0.910. The Bertz CT molecular complexity index is 414. The Labute approximate surface area is 116 Å². The Hall–Kier alpha value is -1.03. The van der Waals surface area contributed by atoms with Gasteiger partial charge in [0.2, 0.25) is 0 Å². The summed E-state index contributed by atoms with van der Waals surface area (Å²) in [4.78, 5) is 0. The maximum atomic E-state index is 6.38. The first kappa shape index (κ1) is 14.4. The van der Waals surface area contributed by atoms with E-state index in [1.807, 2.05) is 6.20 Å². The lowest BCUT2D eigenvalue weighted by molar-refractivity contribution is 0.264. The van der Waals surface area contributed by atoms with Crippen molar-refractivity contribution in [1.82, 2.24) is 9.78 Å². The summed E-state index contributed by atoms with van der Waals surface area (Å²) in [7, 11) is 1.72. The summed E-state index contributed by atoms with van der Waals surface area (Å²) in [5.74, 6) is 2.05. The molecule has 4 nitrogen and oxygen atoms in total. The first-order chi connectivity index (χ1) is 9.08. The molecule has 0 bridgehead atoms. The second-order valence-electron chi connectivity index (χ2n) is 5.99. The van der Waals surface area contributed by atoms with Crippen molar-refractivity contribution >= 4 is 0 Å². The average molecular weight is 265 g/mol. The van der Waals surface area contributed by atoms with E-state index >= 15 is 0 Å². The lowest BCUT2D eigenvalue weighted by Crippen LogP contribution is -2.36. The average Bonchev–Trinajstić information content (AvgIpc) is 2.83. The fraction of sp³-hybridized carbons (Fsp3) is 0.800. The third-order valence-electron chi connectivity index (χ3n) is 4.45. The van der Waals surface area contributed by atoms with Gasteiger partial charge in [-0.05, 0) is 39.0 Å². The van der Waals surface area contributed by atoms with Crippen molar-refractivity contribution in [2.75, 3.05) is 7.11 Å². The van der Waals surface area contributed by atoms with Gasteiger partial charge in [-0.1, -0.05) is 13.3 Å². The molecule has 108 valence electrons. The monoisotopic (exact) mass is 265 g/mol. The Morgan fingerprint density at radius 1 is 1.47 bits per heavy atom. The van der Waals surface area contributed by atoms with Gasteiger partial charge in [0.15, 0.2) is 5.75 Å². The van der Waals surface area contributed by atoms with Crippen molar-refractivity contribution in [2.45, 2.75) is 64.5 Å². The summed E-state index contributed by atoms with van der Waals surface area (Å²) < 4.78 is 7.59. The molecule has 19 heavy (non-hydrogen) atoms. The Kier molecular flexibility index (Phi) is 4.50. The molecular formula is C15H27N3O. The zero-order chi connectivity index (χ0) is 14.0. The molecule has 3 atom stereocenters. The molecule has 0 aromatic carbocycles. The number of nitrogens with zero attached hydrogens (tertiary/aromatic N) is 2. The van der Waals surface area contributed by atoms with E-state index in [2.05, 4.69) is 30.6 Å². The number of aromatic nitrogens is 2. The molecule has 1 fully saturated rings. The summed E-state index contributed by atoms with van der Waals surface area (Å²) in [6.45, 7) is 6.58. The summed E-state index contributed by atoms with van der Waals surface area (Å²) in [5.41, 5.74) is 7.58. The molecule has 2 N–H and O–H groups in total. The standard InChI is InChI=1S/C15H27N3O/c1-5-11-6-7-13(16)12(8-11)15-14(19-4)9-17-18(15)10(2)3/h9-13H,5-8,16H2,1-4H3. The van der Waals surface area contributed by atoms with Crippen LogP contribution in [0.25, 0.3) is 0 Å². The van der Waals surface area contributed by atoms with Crippen molar-refractivity contribution in [2.24, 2.45) is 11.7 Å². The molecule has 0 amide bonds. The van der Waals surface area contributed by atoms with Gasteiger partial charge in [-0.3, -0.25) is 4.68 Å². The van der Waals surface area contributed by atoms with Crippen molar-refractivity contribution in [3.8, 4) is 5.75 Å². The van der Waals surface area contributed by atoms with Crippen LogP contribution in [-0.4, -0.2) is 22.9 Å². The Morgan fingerprint density at radius 3 is 2.79 bits per heavy atom. The van der Waals surface area contributed by atoms with E-state index < -0.39 is 0 Å². The Balaban J connectivity index is 2.35. The molecule has 1 aromatic heterocycles. The molecule has 1 saturated carbocycles. The minimum atomic E-state index is 0.228. The number of hydrogen-bond donors (Lipinski definition) is 1. The van der Waals surface area contributed by atoms with Crippen LogP contribution >= 0.6 is 0 Å². The summed E-state index contributed by atoms with van der Waals surface area (Å²) in [5, 5.41) is 4.48. The van der Waals surface area contributed by atoms with Gasteiger partial charge in [0.05, 0.1) is 19.0 Å². The SMILES string of the molecule is CCC1CCC(N)C(c2c(OC)cnn2C(C)C)C1. The number of methoxy groups -OCH3 is 1. The highest BCUT2D eigenvalue weighted by Crippen LogP contribution is 2.41. The fourth-order valence-corrected chi connectivity index (χ4v) is 3.24. The molecule has 1 heterocycles. The zero-order valence-corrected chi connectivity index (χ0v) is 12.6. The highest BCUT2D eigenvalue weighted by atomic mass is 16.5. The molecule has 4 heteroatoms. The lowest BCUT2D eigenvalue weighted by Gasteiger charge is -2.34. The largest absolute Gasteiger partial charge is 0.493 e. The number of hydrogen-bond acceptors (Lipinski definition) is 3. The van der Waals surface area contributed by atoms with E-state index in [-0.39, 0.29) is 6.04 Å². The van der Waals surface area contributed by atoms with E-state index in [1.54, 1.807) is 7.11 Å². The van der Waals surface area contributed by atoms with Gasteiger partial charge in [-0.15, -0.1) is 0 Å². The molecule has 0 saturated heterocycles. The molecule has 3 unspecified atom stereocenters. The Morgan fingerprint density at radius 2 is 2.21 bits per heavy atom. The van der Waals surface area contributed by atoms with Gasteiger partial charge in [0, 0.05) is 18.0 Å². The molecule has 0 spiro atoms. The predicted molar refractivity (Wildman–Crippen MR) is 77.5 cm³/mol. The molecule has 0 radical (unpaired) electrons.